The highest BCUT2D eigenvalue weighted by Crippen LogP contribution is 1.66. The molecule has 0 aromatic rings. The Kier molecular flexibility index (Phi) is 25.9. The van der Waals surface area contributed by atoms with E-state index in [1.165, 1.54) is 0 Å². The Bertz CT molecular complexity index is 13.5. The highest BCUT2D eigenvalue weighted by Gasteiger charge is 1.45. The molecule has 0 amide bonds. The van der Waals surface area contributed by atoms with Crippen molar-refractivity contribution in [1.82, 2.24) is 0 Å². The summed E-state index contributed by atoms with van der Waals surface area (Å²) in [6.45, 7) is 0. The summed E-state index contributed by atoms with van der Waals surface area (Å²) in [5, 5.41) is 0. The molecule has 1 N–H and O–H groups in total. The Morgan fingerprint density at radius 1 is 1.75 bits per heavy atom. The first-order valence-electron chi connectivity index (χ1n) is 0.428. The molecule has 0 radical (unpaired) electrons. The van der Waals surface area contributed by atoms with E-state index in [9.17, 15) is 0 Å². The van der Waals surface area contributed by atoms with Crippen molar-refractivity contribution in [3.63, 3.8) is 0 Å². The topological polar surface area (TPSA) is 37.3 Å². The zero-order valence-corrected chi connectivity index (χ0v) is 2.36. The first kappa shape index (κ1) is 8.96. The fourth-order valence-electron chi connectivity index (χ4n) is 0. The summed E-state index contributed by atoms with van der Waals surface area (Å²) in [4.78, 5) is 7.04. The van der Waals surface area contributed by atoms with Crippen molar-refractivity contribution in [2.24, 2.45) is 0 Å². The lowest BCUT2D eigenvalue weighted by molar-refractivity contribution is 0.524. The molecule has 0 aliphatic rings. The molecule has 0 aliphatic heterocycles. The second-order valence-corrected chi connectivity index (χ2v) is 0.274. The van der Waals surface area contributed by atoms with Crippen molar-refractivity contribution in [3.8, 4) is 0 Å². The second kappa shape index (κ2) is 11.6. The predicted octanol–water partition coefficient (Wildman–Crippen LogP) is 0.554. The van der Waals surface area contributed by atoms with Gasteiger partial charge in [-0.1, -0.05) is 7.43 Å². The molecule has 0 spiro atoms. The van der Waals surface area contributed by atoms with Crippen LogP contribution in [0.15, 0.2) is 0 Å². The van der Waals surface area contributed by atoms with Crippen LogP contribution in [0.1, 0.15) is 7.43 Å². The highest BCUT2D eigenvalue weighted by molar-refractivity contribution is 7.16. The fourth-order valence-corrected chi connectivity index (χ4v) is 0. The smallest absolute Gasteiger partial charge is 0.162 e. The lowest BCUT2D eigenvalue weighted by Crippen LogP contribution is -1.03. The molecule has 0 fully saturated rings. The molecule has 0 aliphatic carbocycles. The van der Waals surface area contributed by atoms with Crippen LogP contribution in [0.5, 0.6) is 0 Å². The van der Waals surface area contributed by atoms with E-state index in [4.69, 9.17) is 9.46 Å². The van der Waals surface area contributed by atoms with Crippen molar-refractivity contribution in [2.75, 3.05) is 0 Å². The van der Waals surface area contributed by atoms with Gasteiger partial charge in [0, 0.05) is 0 Å². The highest BCUT2D eigenvalue weighted by atomic mass is 31.1. The van der Waals surface area contributed by atoms with Gasteiger partial charge >= 0.3 is 8.69 Å². The van der Waals surface area contributed by atoms with Gasteiger partial charge in [-0.25, -0.2) is 0 Å². The zero-order valence-electron chi connectivity index (χ0n) is 1.36. The summed E-state index contributed by atoms with van der Waals surface area (Å²) >= 11 is 0. The summed E-state index contributed by atoms with van der Waals surface area (Å²) in [5.41, 5.74) is 0. The molecule has 0 aromatic carbocycles. The summed E-state index contributed by atoms with van der Waals surface area (Å²) in [6.07, 6.45) is 0. The zero-order chi connectivity index (χ0) is 2.71. The van der Waals surface area contributed by atoms with E-state index in [-0.39, 0.29) is 7.43 Å². The third-order valence-corrected chi connectivity index (χ3v) is 0. The molecule has 0 bridgehead atoms. The van der Waals surface area contributed by atoms with Crippen molar-refractivity contribution in [2.45, 2.75) is 7.43 Å². The molecule has 1 atom stereocenters. The normalized spacial score (nSPS) is 5.25. The quantitative estimate of drug-likeness (QED) is 0.432. The molecule has 3 heteroatoms. The van der Waals surface area contributed by atoms with Crippen molar-refractivity contribution >= 4 is 8.69 Å². The van der Waals surface area contributed by atoms with Crippen LogP contribution >= 0.6 is 8.69 Å². The van der Waals surface area contributed by atoms with Gasteiger partial charge in [0.2, 0.25) is 0 Å². The van der Waals surface area contributed by atoms with Gasteiger partial charge in [-0.3, -0.25) is 0 Å². The van der Waals surface area contributed by atoms with Gasteiger partial charge in [-0.15, -0.1) is 0 Å². The van der Waals surface area contributed by atoms with E-state index >= 15 is 0 Å². The largest absolute Gasteiger partial charge is 0.491 e. The van der Waals surface area contributed by atoms with Crippen molar-refractivity contribution in [1.29, 1.82) is 0 Å². The van der Waals surface area contributed by atoms with Crippen LogP contribution in [0.2, 0.25) is 0 Å². The Hall–Kier alpha value is 0.0600. The van der Waals surface area contributed by atoms with Gasteiger partial charge in [-0.2, -0.15) is 4.89 Å². The number of hydrogen-bond acceptors (Lipinski definition) is 1. The molecular weight excluding hydrogens is 75.0 g/mol. The van der Waals surface area contributed by atoms with Gasteiger partial charge in [-0.05, 0) is 4.57 Å². The third kappa shape index (κ3) is 643. The molecule has 0 rings (SSSR count). The van der Waals surface area contributed by atoms with E-state index in [0.29, 0.717) is 0 Å². The van der Waals surface area contributed by atoms with Crippen LogP contribution in [-0.2, 0) is 4.57 Å². The molecule has 0 aromatic heterocycles. The monoisotopic (exact) mass is 81.0 g/mol. The van der Waals surface area contributed by atoms with Crippen LogP contribution in [0.25, 0.3) is 0 Å². The molecule has 0 saturated carbocycles. The summed E-state index contributed by atoms with van der Waals surface area (Å²) < 4.78 is 8.51. The SMILES string of the molecule is C.O=[PH+]O. The second-order valence-electron chi connectivity index (χ2n) is 0.0913. The van der Waals surface area contributed by atoms with Gasteiger partial charge in [0.05, 0.1) is 0 Å². The minimum atomic E-state index is -1.17. The van der Waals surface area contributed by atoms with E-state index < -0.39 is 8.69 Å². The maximum atomic E-state index is 8.51. The van der Waals surface area contributed by atoms with Gasteiger partial charge in [0.25, 0.3) is 0 Å². The predicted molar refractivity (Wildman–Crippen MR) is 18.0 cm³/mol. The van der Waals surface area contributed by atoms with Crippen LogP contribution in [-0.4, -0.2) is 4.89 Å². The van der Waals surface area contributed by atoms with Crippen LogP contribution in [0, 0.1) is 0 Å². The molecular formula is CH6O2P+. The first-order valence-corrected chi connectivity index (χ1v) is 1.28. The van der Waals surface area contributed by atoms with E-state index in [1.807, 2.05) is 0 Å². The molecule has 26 valence electrons. The van der Waals surface area contributed by atoms with E-state index in [1.54, 1.807) is 0 Å². The maximum Gasteiger partial charge on any atom is 0.491 e. The molecule has 0 heterocycles. The van der Waals surface area contributed by atoms with Gasteiger partial charge in [0.15, 0.2) is 0 Å². The minimum absolute atomic E-state index is 0. The molecule has 0 saturated heterocycles. The minimum Gasteiger partial charge on any atom is -0.162 e. The number of hydrogen-bond donors (Lipinski definition) is 1. The Balaban J connectivity index is 0. The molecule has 1 unspecified atom stereocenters. The van der Waals surface area contributed by atoms with Crippen LogP contribution in [0.3, 0.4) is 0 Å². The maximum absolute atomic E-state index is 8.51. The van der Waals surface area contributed by atoms with Crippen LogP contribution < -0.4 is 0 Å². The Morgan fingerprint density at radius 3 is 1.75 bits per heavy atom. The third-order valence-electron chi connectivity index (χ3n) is 0. The Labute approximate surface area is 26.7 Å². The van der Waals surface area contributed by atoms with Crippen molar-refractivity contribution < 1.29 is 9.46 Å². The van der Waals surface area contributed by atoms with Crippen LogP contribution in [0.4, 0.5) is 0 Å². The van der Waals surface area contributed by atoms with E-state index in [0.717, 1.165) is 0 Å². The average molecular weight is 81.0 g/mol. The molecule has 2 nitrogen and oxygen atoms in total. The lowest BCUT2D eigenvalue weighted by atomic mass is 12.0. The molecule has 4 heavy (non-hydrogen) atoms. The first-order chi connectivity index (χ1) is 1.41. The van der Waals surface area contributed by atoms with Gasteiger partial charge in [0.1, 0.15) is 0 Å². The fraction of sp³-hybridized carbons (Fsp3) is 1.00. The summed E-state index contributed by atoms with van der Waals surface area (Å²) in [7, 11) is -1.17. The average Bonchev–Trinajstić information content (AvgIpc) is 0.918. The van der Waals surface area contributed by atoms with E-state index in [2.05, 4.69) is 0 Å². The Morgan fingerprint density at radius 2 is 1.75 bits per heavy atom. The van der Waals surface area contributed by atoms with Crippen molar-refractivity contribution in [3.05, 3.63) is 0 Å². The number of rotatable bonds is 0. The summed E-state index contributed by atoms with van der Waals surface area (Å²) in [5.74, 6) is 0. The standard InChI is InChI=1S/CH4.HO2P/c;1-3-2/h1H4;3H/p+1. The summed E-state index contributed by atoms with van der Waals surface area (Å²) in [6, 6.07) is 0. The van der Waals surface area contributed by atoms with Gasteiger partial charge < -0.3 is 0 Å². The lowest BCUT2D eigenvalue weighted by Gasteiger charge is -1.08.